The normalized spacial score (nSPS) is 16.9. The van der Waals surface area contributed by atoms with Crippen molar-refractivity contribution in [3.8, 4) is 0 Å². The van der Waals surface area contributed by atoms with Crippen LogP contribution in [0.2, 0.25) is 5.02 Å². The zero-order valence-corrected chi connectivity index (χ0v) is 17.3. The molecule has 1 aliphatic heterocycles. The smallest absolute Gasteiger partial charge is 0.261 e. The molecule has 1 saturated heterocycles. The molecule has 8 heteroatoms. The Bertz CT molecular complexity index is 794. The fourth-order valence-electron chi connectivity index (χ4n) is 3.16. The summed E-state index contributed by atoms with van der Waals surface area (Å²) in [5, 5.41) is 8.20. The second-order valence-electron chi connectivity index (χ2n) is 6.60. The van der Waals surface area contributed by atoms with Crippen LogP contribution in [0.3, 0.4) is 0 Å². The summed E-state index contributed by atoms with van der Waals surface area (Å²) in [7, 11) is 0. The molecule has 1 aromatic heterocycles. The van der Waals surface area contributed by atoms with E-state index >= 15 is 0 Å². The van der Waals surface area contributed by atoms with Crippen LogP contribution < -0.4 is 10.6 Å². The lowest BCUT2D eigenvalue weighted by molar-refractivity contribution is -0.122. The van der Waals surface area contributed by atoms with Crippen LogP contribution >= 0.6 is 22.9 Å². The molecule has 1 aromatic carbocycles. The first kappa shape index (κ1) is 20.8. The highest BCUT2D eigenvalue weighted by Gasteiger charge is 2.26. The van der Waals surface area contributed by atoms with Crippen molar-refractivity contribution >= 4 is 34.8 Å². The molecule has 2 N–H and O–H groups in total. The Morgan fingerprint density at radius 1 is 1.21 bits per heavy atom. The van der Waals surface area contributed by atoms with E-state index in [2.05, 4.69) is 15.5 Å². The van der Waals surface area contributed by atoms with Gasteiger partial charge in [-0.1, -0.05) is 35.9 Å². The first-order valence-electron chi connectivity index (χ1n) is 9.24. The third kappa shape index (κ3) is 5.32. The maximum atomic E-state index is 12.6. The molecule has 0 saturated carbocycles. The quantitative estimate of drug-likeness (QED) is 0.721. The number of benzene rings is 1. The topological polar surface area (TPSA) is 70.7 Å². The average molecular weight is 422 g/mol. The van der Waals surface area contributed by atoms with Gasteiger partial charge in [0.05, 0.1) is 24.1 Å². The highest BCUT2D eigenvalue weighted by atomic mass is 35.5. The van der Waals surface area contributed by atoms with E-state index in [0.29, 0.717) is 29.7 Å². The van der Waals surface area contributed by atoms with E-state index in [9.17, 15) is 9.59 Å². The van der Waals surface area contributed by atoms with Gasteiger partial charge in [-0.15, -0.1) is 11.3 Å². The van der Waals surface area contributed by atoms with Crippen LogP contribution in [0.25, 0.3) is 0 Å². The van der Waals surface area contributed by atoms with Gasteiger partial charge < -0.3 is 15.4 Å². The fourth-order valence-corrected chi connectivity index (χ4v) is 4.05. The van der Waals surface area contributed by atoms with E-state index < -0.39 is 6.04 Å². The molecule has 2 amide bonds. The molecule has 2 atom stereocenters. The number of thiophene rings is 1. The third-order valence-electron chi connectivity index (χ3n) is 4.71. The molecule has 0 radical (unpaired) electrons. The molecular weight excluding hydrogens is 398 g/mol. The Kier molecular flexibility index (Phi) is 7.44. The number of carbonyl (C=O) groups is 2. The van der Waals surface area contributed by atoms with Crippen molar-refractivity contribution in [2.75, 3.05) is 32.8 Å². The van der Waals surface area contributed by atoms with Crippen LogP contribution in [0.1, 0.15) is 28.2 Å². The Morgan fingerprint density at radius 3 is 2.64 bits per heavy atom. The van der Waals surface area contributed by atoms with Crippen LogP contribution in [0, 0.1) is 0 Å². The van der Waals surface area contributed by atoms with Gasteiger partial charge in [0.2, 0.25) is 5.91 Å². The SMILES string of the molecule is C[C@H](NC(=O)c1cccs1)C(=O)NC[C@H](c1ccccc1Cl)N1CCOCC1. The minimum atomic E-state index is -0.633. The summed E-state index contributed by atoms with van der Waals surface area (Å²) in [5.74, 6) is -0.469. The van der Waals surface area contributed by atoms with Gasteiger partial charge in [0.25, 0.3) is 5.91 Å². The standard InChI is InChI=1S/C20H24ClN3O3S/c1-14(23-20(26)18-7-4-12-28-18)19(25)22-13-17(24-8-10-27-11-9-24)15-5-2-3-6-16(15)21/h2-7,12,14,17H,8-11,13H2,1H3,(H,22,25)(H,23,26)/t14-,17+/m0/s1. The molecule has 0 aliphatic carbocycles. The first-order chi connectivity index (χ1) is 13.6. The molecule has 6 nitrogen and oxygen atoms in total. The number of amides is 2. The second-order valence-corrected chi connectivity index (χ2v) is 7.96. The lowest BCUT2D eigenvalue weighted by atomic mass is 10.0. The second kappa shape index (κ2) is 10.0. The van der Waals surface area contributed by atoms with E-state index in [4.69, 9.17) is 16.3 Å². The van der Waals surface area contributed by atoms with E-state index in [-0.39, 0.29) is 17.9 Å². The Morgan fingerprint density at radius 2 is 1.96 bits per heavy atom. The van der Waals surface area contributed by atoms with Gasteiger partial charge >= 0.3 is 0 Å². The van der Waals surface area contributed by atoms with Crippen LogP contribution in [0.5, 0.6) is 0 Å². The van der Waals surface area contributed by atoms with Crippen LogP contribution in [0.4, 0.5) is 0 Å². The number of rotatable bonds is 7. The summed E-state index contributed by atoms with van der Waals surface area (Å²) in [5.41, 5.74) is 0.974. The number of hydrogen-bond acceptors (Lipinski definition) is 5. The maximum absolute atomic E-state index is 12.6. The number of morpholine rings is 1. The minimum absolute atomic E-state index is 0.0539. The molecule has 3 rings (SSSR count). The lowest BCUT2D eigenvalue weighted by Gasteiger charge is -2.35. The van der Waals surface area contributed by atoms with Gasteiger partial charge in [-0.3, -0.25) is 14.5 Å². The molecule has 1 fully saturated rings. The van der Waals surface area contributed by atoms with Gasteiger partial charge in [-0.2, -0.15) is 0 Å². The number of nitrogens with zero attached hydrogens (tertiary/aromatic N) is 1. The van der Waals surface area contributed by atoms with Crippen LogP contribution in [0.15, 0.2) is 41.8 Å². The van der Waals surface area contributed by atoms with E-state index in [1.807, 2.05) is 29.6 Å². The number of hydrogen-bond donors (Lipinski definition) is 2. The van der Waals surface area contributed by atoms with Crippen molar-refractivity contribution in [3.05, 3.63) is 57.2 Å². The summed E-state index contributed by atoms with van der Waals surface area (Å²) in [6.45, 7) is 4.94. The molecule has 0 unspecified atom stereocenters. The summed E-state index contributed by atoms with van der Waals surface area (Å²) in [6, 6.07) is 10.5. The summed E-state index contributed by atoms with van der Waals surface area (Å²) >= 11 is 7.76. The summed E-state index contributed by atoms with van der Waals surface area (Å²) in [6.07, 6.45) is 0. The first-order valence-corrected chi connectivity index (χ1v) is 10.5. The number of ether oxygens (including phenoxy) is 1. The highest BCUT2D eigenvalue weighted by molar-refractivity contribution is 7.12. The molecule has 150 valence electrons. The largest absolute Gasteiger partial charge is 0.379 e. The average Bonchev–Trinajstić information content (AvgIpc) is 3.25. The maximum Gasteiger partial charge on any atom is 0.261 e. The predicted molar refractivity (Wildman–Crippen MR) is 111 cm³/mol. The Labute approximate surface area is 173 Å². The number of nitrogens with one attached hydrogen (secondary N) is 2. The van der Waals surface area contributed by atoms with Crippen molar-refractivity contribution in [2.24, 2.45) is 0 Å². The Hall–Kier alpha value is -1.93. The number of carbonyl (C=O) groups excluding carboxylic acids is 2. The fraction of sp³-hybridized carbons (Fsp3) is 0.400. The molecule has 28 heavy (non-hydrogen) atoms. The third-order valence-corrected chi connectivity index (χ3v) is 5.92. The zero-order chi connectivity index (χ0) is 19.9. The van der Waals surface area contributed by atoms with Gasteiger partial charge in [-0.05, 0) is 30.0 Å². The van der Waals surface area contributed by atoms with Gasteiger partial charge in [0, 0.05) is 24.7 Å². The predicted octanol–water partition coefficient (Wildman–Crippen LogP) is 2.71. The van der Waals surface area contributed by atoms with E-state index in [0.717, 1.165) is 18.7 Å². The lowest BCUT2D eigenvalue weighted by Crippen LogP contribution is -2.48. The molecule has 2 heterocycles. The molecule has 2 aromatic rings. The summed E-state index contributed by atoms with van der Waals surface area (Å²) in [4.78, 5) is 27.6. The van der Waals surface area contributed by atoms with Gasteiger partial charge in [0.15, 0.2) is 0 Å². The van der Waals surface area contributed by atoms with Crippen molar-refractivity contribution in [1.82, 2.24) is 15.5 Å². The molecule has 1 aliphatic rings. The van der Waals surface area contributed by atoms with Crippen molar-refractivity contribution in [1.29, 1.82) is 0 Å². The monoisotopic (exact) mass is 421 g/mol. The summed E-state index contributed by atoms with van der Waals surface area (Å²) < 4.78 is 5.45. The highest BCUT2D eigenvalue weighted by Crippen LogP contribution is 2.27. The molecule has 0 spiro atoms. The van der Waals surface area contributed by atoms with Crippen molar-refractivity contribution in [3.63, 3.8) is 0 Å². The van der Waals surface area contributed by atoms with Crippen molar-refractivity contribution in [2.45, 2.75) is 19.0 Å². The van der Waals surface area contributed by atoms with E-state index in [1.54, 1.807) is 19.1 Å². The zero-order valence-electron chi connectivity index (χ0n) is 15.7. The Balaban J connectivity index is 1.63. The van der Waals surface area contributed by atoms with E-state index in [1.165, 1.54) is 11.3 Å². The number of halogens is 1. The van der Waals surface area contributed by atoms with Crippen molar-refractivity contribution < 1.29 is 14.3 Å². The molecule has 0 bridgehead atoms. The van der Waals surface area contributed by atoms with Gasteiger partial charge in [-0.25, -0.2) is 0 Å². The minimum Gasteiger partial charge on any atom is -0.379 e. The van der Waals surface area contributed by atoms with Gasteiger partial charge in [0.1, 0.15) is 6.04 Å². The van der Waals surface area contributed by atoms with Crippen LogP contribution in [-0.2, 0) is 9.53 Å². The molecular formula is C20H24ClN3O3S. The van der Waals surface area contributed by atoms with Crippen LogP contribution in [-0.4, -0.2) is 55.6 Å².